The van der Waals surface area contributed by atoms with Crippen molar-refractivity contribution in [1.82, 2.24) is 10.5 Å². The fraction of sp³-hybridized carbons (Fsp3) is 0.714. The van der Waals surface area contributed by atoms with Crippen molar-refractivity contribution in [2.45, 2.75) is 44.8 Å². The number of carbonyl (C=O) groups is 1. The molecule has 0 bridgehead atoms. The quantitative estimate of drug-likeness (QED) is 0.834. The van der Waals surface area contributed by atoms with Crippen LogP contribution >= 0.6 is 15.9 Å². The first-order valence-electron chi connectivity index (χ1n) is 6.91. The minimum Gasteiger partial charge on any atom is -0.377 e. The number of nitrogens with zero attached hydrogens (tertiary/aromatic N) is 1. The molecular weight excluding hydrogens is 324 g/mol. The van der Waals surface area contributed by atoms with Crippen LogP contribution in [0.25, 0.3) is 0 Å². The zero-order valence-corrected chi connectivity index (χ0v) is 13.5. The molecule has 6 heteroatoms. The number of hydrogen-bond donors (Lipinski definition) is 1. The maximum atomic E-state index is 12.3. The Labute approximate surface area is 127 Å². The van der Waals surface area contributed by atoms with Gasteiger partial charge >= 0.3 is 0 Å². The highest BCUT2D eigenvalue weighted by Crippen LogP contribution is 2.33. The van der Waals surface area contributed by atoms with Gasteiger partial charge in [-0.3, -0.25) is 4.79 Å². The number of hydrogen-bond acceptors (Lipinski definition) is 4. The average Bonchev–Trinajstić information content (AvgIpc) is 2.91. The smallest absolute Gasteiger partial charge is 0.273 e. The van der Waals surface area contributed by atoms with E-state index in [2.05, 4.69) is 33.3 Å². The third-order valence-corrected chi connectivity index (χ3v) is 5.02. The Bertz CT molecular complexity index is 453. The van der Waals surface area contributed by atoms with E-state index in [0.717, 1.165) is 36.9 Å². The SMILES string of the molecule is COCc1cc(C(=O)NC2(CBr)CCC(C)CC2)no1. The van der Waals surface area contributed by atoms with Crippen LogP contribution in [0.3, 0.4) is 0 Å². The van der Waals surface area contributed by atoms with Crippen molar-refractivity contribution in [1.29, 1.82) is 0 Å². The summed E-state index contributed by atoms with van der Waals surface area (Å²) in [5.74, 6) is 1.12. The molecule has 2 rings (SSSR count). The summed E-state index contributed by atoms with van der Waals surface area (Å²) in [5.41, 5.74) is 0.153. The molecule has 1 N–H and O–H groups in total. The van der Waals surface area contributed by atoms with E-state index in [9.17, 15) is 4.79 Å². The number of nitrogens with one attached hydrogen (secondary N) is 1. The largest absolute Gasteiger partial charge is 0.377 e. The van der Waals surface area contributed by atoms with Crippen LogP contribution in [0.2, 0.25) is 0 Å². The normalized spacial score (nSPS) is 26.4. The second-order valence-electron chi connectivity index (χ2n) is 5.66. The molecule has 112 valence electrons. The summed E-state index contributed by atoms with van der Waals surface area (Å²) in [6.45, 7) is 2.58. The minimum atomic E-state index is -0.176. The number of ether oxygens (including phenoxy) is 1. The highest BCUT2D eigenvalue weighted by atomic mass is 79.9. The van der Waals surface area contributed by atoms with Gasteiger partial charge in [0.1, 0.15) is 6.61 Å². The van der Waals surface area contributed by atoms with E-state index in [1.807, 2.05) is 0 Å². The molecule has 5 nitrogen and oxygen atoms in total. The van der Waals surface area contributed by atoms with Gasteiger partial charge in [-0.15, -0.1) is 0 Å². The third kappa shape index (κ3) is 3.61. The Morgan fingerprint density at radius 1 is 1.60 bits per heavy atom. The second kappa shape index (κ2) is 6.72. The highest BCUT2D eigenvalue weighted by Gasteiger charge is 2.35. The number of alkyl halides is 1. The van der Waals surface area contributed by atoms with Gasteiger partial charge in [-0.2, -0.15) is 0 Å². The number of aromatic nitrogens is 1. The van der Waals surface area contributed by atoms with Gasteiger partial charge in [0.2, 0.25) is 0 Å². The molecule has 0 spiro atoms. The Morgan fingerprint density at radius 3 is 2.90 bits per heavy atom. The van der Waals surface area contributed by atoms with Gasteiger partial charge in [-0.05, 0) is 31.6 Å². The maximum absolute atomic E-state index is 12.3. The lowest BCUT2D eigenvalue weighted by atomic mass is 9.78. The second-order valence-corrected chi connectivity index (χ2v) is 6.22. The highest BCUT2D eigenvalue weighted by molar-refractivity contribution is 9.09. The van der Waals surface area contributed by atoms with E-state index < -0.39 is 0 Å². The lowest BCUT2D eigenvalue weighted by molar-refractivity contribution is 0.0864. The van der Waals surface area contributed by atoms with Gasteiger partial charge in [0.05, 0.1) is 5.54 Å². The van der Waals surface area contributed by atoms with E-state index in [1.165, 1.54) is 0 Å². The number of rotatable bonds is 5. The van der Waals surface area contributed by atoms with Crippen molar-refractivity contribution in [3.63, 3.8) is 0 Å². The van der Waals surface area contributed by atoms with Crippen LogP contribution in [-0.4, -0.2) is 29.0 Å². The van der Waals surface area contributed by atoms with Crippen LogP contribution < -0.4 is 5.32 Å². The Balaban J connectivity index is 2.01. The molecule has 1 heterocycles. The Kier molecular flexibility index (Phi) is 5.21. The summed E-state index contributed by atoms with van der Waals surface area (Å²) in [7, 11) is 1.57. The van der Waals surface area contributed by atoms with Gasteiger partial charge < -0.3 is 14.6 Å². The standard InChI is InChI=1S/C14H21BrN2O3/c1-10-3-5-14(9-15,6-4-10)16-13(18)12-7-11(8-19-2)20-17-12/h7,10H,3-6,8-9H2,1-2H3,(H,16,18). The van der Waals surface area contributed by atoms with E-state index in [0.29, 0.717) is 18.1 Å². The first-order valence-corrected chi connectivity index (χ1v) is 8.04. The molecule has 1 saturated carbocycles. The van der Waals surface area contributed by atoms with Gasteiger partial charge in [0.25, 0.3) is 5.91 Å². The van der Waals surface area contributed by atoms with Crippen LogP contribution in [-0.2, 0) is 11.3 Å². The van der Waals surface area contributed by atoms with Crippen molar-refractivity contribution in [2.24, 2.45) is 5.92 Å². The van der Waals surface area contributed by atoms with Crippen LogP contribution in [0.1, 0.15) is 48.9 Å². The van der Waals surface area contributed by atoms with E-state index in [1.54, 1.807) is 13.2 Å². The Morgan fingerprint density at radius 2 is 2.30 bits per heavy atom. The van der Waals surface area contributed by atoms with Crippen molar-refractivity contribution < 1.29 is 14.1 Å². The van der Waals surface area contributed by atoms with Crippen LogP contribution in [0.5, 0.6) is 0 Å². The van der Waals surface area contributed by atoms with E-state index in [-0.39, 0.29) is 11.4 Å². The molecule has 1 aliphatic rings. The van der Waals surface area contributed by atoms with E-state index in [4.69, 9.17) is 9.26 Å². The van der Waals surface area contributed by atoms with Gasteiger partial charge in [0.15, 0.2) is 11.5 Å². The number of halogens is 1. The third-order valence-electron chi connectivity index (χ3n) is 3.94. The van der Waals surface area contributed by atoms with Gasteiger partial charge in [-0.1, -0.05) is 28.0 Å². The molecule has 0 saturated heterocycles. The summed E-state index contributed by atoms with van der Waals surface area (Å²) in [5, 5.41) is 7.69. The fourth-order valence-electron chi connectivity index (χ4n) is 2.54. The average molecular weight is 345 g/mol. The van der Waals surface area contributed by atoms with Crippen molar-refractivity contribution >= 4 is 21.8 Å². The molecule has 0 atom stereocenters. The first-order chi connectivity index (χ1) is 9.58. The van der Waals surface area contributed by atoms with Crippen LogP contribution in [0.15, 0.2) is 10.6 Å². The molecule has 20 heavy (non-hydrogen) atoms. The predicted octanol–water partition coefficient (Wildman–Crippen LogP) is 2.89. The monoisotopic (exact) mass is 344 g/mol. The number of amides is 1. The molecule has 1 aliphatic carbocycles. The zero-order chi connectivity index (χ0) is 14.6. The summed E-state index contributed by atoms with van der Waals surface area (Å²) in [4.78, 5) is 12.3. The lowest BCUT2D eigenvalue weighted by Crippen LogP contribution is -2.52. The zero-order valence-electron chi connectivity index (χ0n) is 11.9. The van der Waals surface area contributed by atoms with Gasteiger partial charge in [-0.25, -0.2) is 0 Å². The molecule has 0 unspecified atom stereocenters. The predicted molar refractivity (Wildman–Crippen MR) is 78.8 cm³/mol. The molecule has 0 aliphatic heterocycles. The summed E-state index contributed by atoms with van der Waals surface area (Å²) < 4.78 is 10.0. The lowest BCUT2D eigenvalue weighted by Gasteiger charge is -2.38. The maximum Gasteiger partial charge on any atom is 0.273 e. The fourth-order valence-corrected chi connectivity index (χ4v) is 3.24. The van der Waals surface area contributed by atoms with Crippen molar-refractivity contribution in [3.05, 3.63) is 17.5 Å². The minimum absolute atomic E-state index is 0.163. The van der Waals surface area contributed by atoms with Gasteiger partial charge in [0, 0.05) is 18.5 Å². The van der Waals surface area contributed by atoms with E-state index >= 15 is 0 Å². The molecule has 1 aromatic heterocycles. The number of methoxy groups -OCH3 is 1. The molecule has 1 amide bonds. The topological polar surface area (TPSA) is 64.4 Å². The first kappa shape index (κ1) is 15.5. The summed E-state index contributed by atoms with van der Waals surface area (Å²) >= 11 is 3.54. The molecule has 0 radical (unpaired) electrons. The molecule has 1 fully saturated rings. The summed E-state index contributed by atoms with van der Waals surface area (Å²) in [6.07, 6.45) is 4.26. The van der Waals surface area contributed by atoms with Crippen LogP contribution in [0.4, 0.5) is 0 Å². The van der Waals surface area contributed by atoms with Crippen molar-refractivity contribution in [3.8, 4) is 0 Å². The molecule has 1 aromatic rings. The van der Waals surface area contributed by atoms with Crippen LogP contribution in [0, 0.1) is 5.92 Å². The summed E-state index contributed by atoms with van der Waals surface area (Å²) in [6, 6.07) is 1.63. The number of carbonyl (C=O) groups excluding carboxylic acids is 1. The van der Waals surface area contributed by atoms with Crippen molar-refractivity contribution in [2.75, 3.05) is 12.4 Å². The molecular formula is C14H21BrN2O3. The molecule has 0 aromatic carbocycles. The Hall–Kier alpha value is -0.880.